The van der Waals surface area contributed by atoms with Gasteiger partial charge in [-0.05, 0) is 26.0 Å². The Kier molecular flexibility index (Phi) is 4.86. The molecule has 110 valence electrons. The fourth-order valence-corrected chi connectivity index (χ4v) is 2.30. The molecule has 4 nitrogen and oxygen atoms in total. The molecule has 0 bridgehead atoms. The summed E-state index contributed by atoms with van der Waals surface area (Å²) in [5.74, 6) is -0.988. The minimum atomic E-state index is -0.956. The van der Waals surface area contributed by atoms with Gasteiger partial charge in [0.1, 0.15) is 4.75 Å². The van der Waals surface area contributed by atoms with Gasteiger partial charge in [0.2, 0.25) is 5.91 Å². The molecule has 0 radical (unpaired) electrons. The van der Waals surface area contributed by atoms with Crippen LogP contribution in [0.1, 0.15) is 34.6 Å². The van der Waals surface area contributed by atoms with Crippen molar-refractivity contribution in [3.05, 3.63) is 24.3 Å². The summed E-state index contributed by atoms with van der Waals surface area (Å²) >= 11 is 1.22. The van der Waals surface area contributed by atoms with Crippen LogP contribution in [0.4, 0.5) is 5.69 Å². The molecule has 0 aliphatic carbocycles. The molecule has 0 aliphatic heterocycles. The van der Waals surface area contributed by atoms with Gasteiger partial charge >= 0.3 is 5.97 Å². The van der Waals surface area contributed by atoms with Crippen LogP contribution < -0.4 is 5.32 Å². The lowest BCUT2D eigenvalue weighted by Gasteiger charge is -2.22. The molecule has 1 rings (SSSR count). The molecule has 1 aromatic carbocycles. The van der Waals surface area contributed by atoms with Gasteiger partial charge in [-0.1, -0.05) is 32.9 Å². The monoisotopic (exact) mass is 295 g/mol. The molecule has 0 aliphatic rings. The number of carbonyl (C=O) groups excluding carboxylic acids is 1. The van der Waals surface area contributed by atoms with E-state index >= 15 is 0 Å². The maximum absolute atomic E-state index is 12.0. The number of anilines is 1. The topological polar surface area (TPSA) is 66.4 Å². The highest BCUT2D eigenvalue weighted by Gasteiger charge is 2.30. The molecule has 0 saturated heterocycles. The van der Waals surface area contributed by atoms with Crippen molar-refractivity contribution < 1.29 is 14.7 Å². The SMILES string of the molecule is CC(C)(C)C(=O)Nc1ccccc1SC(C)(C)C(=O)O. The van der Waals surface area contributed by atoms with E-state index in [0.29, 0.717) is 5.69 Å². The van der Waals surface area contributed by atoms with Crippen LogP contribution in [0.2, 0.25) is 0 Å². The number of hydrogen-bond acceptors (Lipinski definition) is 3. The van der Waals surface area contributed by atoms with Gasteiger partial charge in [-0.2, -0.15) is 0 Å². The van der Waals surface area contributed by atoms with Crippen LogP contribution in [0.5, 0.6) is 0 Å². The third-order valence-corrected chi connectivity index (χ3v) is 3.96. The zero-order valence-electron chi connectivity index (χ0n) is 12.5. The fourth-order valence-electron chi connectivity index (χ4n) is 1.29. The highest BCUT2D eigenvalue weighted by atomic mass is 32.2. The Morgan fingerprint density at radius 1 is 1.10 bits per heavy atom. The molecule has 0 atom stereocenters. The van der Waals surface area contributed by atoms with Crippen molar-refractivity contribution in [3.63, 3.8) is 0 Å². The van der Waals surface area contributed by atoms with Crippen LogP contribution in [0.15, 0.2) is 29.2 Å². The minimum absolute atomic E-state index is 0.0984. The number of nitrogens with one attached hydrogen (secondary N) is 1. The Morgan fingerprint density at radius 3 is 2.15 bits per heavy atom. The number of thioether (sulfide) groups is 1. The summed E-state index contributed by atoms with van der Waals surface area (Å²) in [5, 5.41) is 12.1. The van der Waals surface area contributed by atoms with E-state index in [2.05, 4.69) is 5.32 Å². The van der Waals surface area contributed by atoms with Gasteiger partial charge in [0.05, 0.1) is 5.69 Å². The number of carboxylic acid groups (broad SMARTS) is 1. The van der Waals surface area contributed by atoms with E-state index < -0.39 is 16.1 Å². The first-order chi connectivity index (χ1) is 9.04. The zero-order chi connectivity index (χ0) is 15.6. The predicted molar refractivity (Wildman–Crippen MR) is 82.1 cm³/mol. The predicted octanol–water partition coefficient (Wildman–Crippen LogP) is 3.63. The van der Waals surface area contributed by atoms with Crippen LogP contribution in [0.25, 0.3) is 0 Å². The number of carbonyl (C=O) groups is 2. The summed E-state index contributed by atoms with van der Waals surface area (Å²) in [6.07, 6.45) is 0. The first-order valence-electron chi connectivity index (χ1n) is 6.37. The van der Waals surface area contributed by atoms with Gasteiger partial charge in [0.25, 0.3) is 0 Å². The Bertz CT molecular complexity index is 518. The fraction of sp³-hybridized carbons (Fsp3) is 0.467. The Balaban J connectivity index is 3.01. The smallest absolute Gasteiger partial charge is 0.319 e. The third kappa shape index (κ3) is 4.27. The summed E-state index contributed by atoms with van der Waals surface area (Å²) in [7, 11) is 0. The van der Waals surface area contributed by atoms with E-state index in [9.17, 15) is 14.7 Å². The van der Waals surface area contributed by atoms with Crippen LogP contribution in [0.3, 0.4) is 0 Å². The molecule has 1 aromatic rings. The van der Waals surface area contributed by atoms with Crippen LogP contribution in [-0.2, 0) is 9.59 Å². The Labute approximate surface area is 124 Å². The lowest BCUT2D eigenvalue weighted by molar-refractivity contribution is -0.138. The highest BCUT2D eigenvalue weighted by Crippen LogP contribution is 2.37. The van der Waals surface area contributed by atoms with E-state index in [1.54, 1.807) is 19.9 Å². The molecule has 2 N–H and O–H groups in total. The minimum Gasteiger partial charge on any atom is -0.480 e. The van der Waals surface area contributed by atoms with Gasteiger partial charge in [0.15, 0.2) is 0 Å². The molecule has 0 aromatic heterocycles. The molecule has 0 saturated carbocycles. The number of benzene rings is 1. The van der Waals surface area contributed by atoms with E-state index in [1.807, 2.05) is 39.0 Å². The maximum Gasteiger partial charge on any atom is 0.319 e. The molecule has 0 spiro atoms. The second-order valence-electron chi connectivity index (χ2n) is 6.12. The van der Waals surface area contributed by atoms with Crippen molar-refractivity contribution in [3.8, 4) is 0 Å². The molecular formula is C15H21NO3S. The molecule has 5 heteroatoms. The van der Waals surface area contributed by atoms with Crippen molar-refractivity contribution in [1.82, 2.24) is 0 Å². The van der Waals surface area contributed by atoms with Crippen molar-refractivity contribution in [2.45, 2.75) is 44.3 Å². The van der Waals surface area contributed by atoms with Crippen LogP contribution >= 0.6 is 11.8 Å². The maximum atomic E-state index is 12.0. The van der Waals surface area contributed by atoms with Gasteiger partial charge in [-0.25, -0.2) is 0 Å². The number of aliphatic carboxylic acids is 1. The highest BCUT2D eigenvalue weighted by molar-refractivity contribution is 8.01. The Hall–Kier alpha value is -1.49. The molecule has 0 unspecified atom stereocenters. The molecule has 1 amide bonds. The Morgan fingerprint density at radius 2 is 1.65 bits per heavy atom. The largest absolute Gasteiger partial charge is 0.480 e. The summed E-state index contributed by atoms with van der Waals surface area (Å²) in [6.45, 7) is 8.78. The summed E-state index contributed by atoms with van der Waals surface area (Å²) in [6, 6.07) is 7.24. The van der Waals surface area contributed by atoms with Gasteiger partial charge < -0.3 is 10.4 Å². The van der Waals surface area contributed by atoms with E-state index in [1.165, 1.54) is 11.8 Å². The number of hydrogen-bond donors (Lipinski definition) is 2. The van der Waals surface area contributed by atoms with Crippen molar-refractivity contribution >= 4 is 29.3 Å². The van der Waals surface area contributed by atoms with Crippen LogP contribution in [-0.4, -0.2) is 21.7 Å². The second-order valence-corrected chi connectivity index (χ2v) is 7.78. The van der Waals surface area contributed by atoms with Crippen molar-refractivity contribution in [2.75, 3.05) is 5.32 Å². The van der Waals surface area contributed by atoms with Gasteiger partial charge in [-0.3, -0.25) is 9.59 Å². The van der Waals surface area contributed by atoms with E-state index in [4.69, 9.17) is 0 Å². The van der Waals surface area contributed by atoms with E-state index in [0.717, 1.165) is 4.90 Å². The number of rotatable bonds is 4. The van der Waals surface area contributed by atoms with Gasteiger partial charge in [-0.15, -0.1) is 11.8 Å². The number of carboxylic acids is 1. The van der Waals surface area contributed by atoms with Crippen molar-refractivity contribution in [1.29, 1.82) is 0 Å². The molecule has 0 fully saturated rings. The molecule has 20 heavy (non-hydrogen) atoms. The lowest BCUT2D eigenvalue weighted by Crippen LogP contribution is -2.29. The zero-order valence-corrected chi connectivity index (χ0v) is 13.3. The van der Waals surface area contributed by atoms with Crippen molar-refractivity contribution in [2.24, 2.45) is 5.41 Å². The number of para-hydroxylation sites is 1. The summed E-state index contributed by atoms with van der Waals surface area (Å²) in [4.78, 5) is 24.0. The third-order valence-electron chi connectivity index (χ3n) is 2.70. The average molecular weight is 295 g/mol. The normalized spacial score (nSPS) is 12.1. The second kappa shape index (κ2) is 5.87. The average Bonchev–Trinajstić information content (AvgIpc) is 2.29. The first-order valence-corrected chi connectivity index (χ1v) is 7.18. The quantitative estimate of drug-likeness (QED) is 0.832. The summed E-state index contributed by atoms with van der Waals surface area (Å²) < 4.78 is -0.956. The lowest BCUT2D eigenvalue weighted by atomic mass is 9.95. The van der Waals surface area contributed by atoms with Gasteiger partial charge in [0, 0.05) is 10.3 Å². The summed E-state index contributed by atoms with van der Waals surface area (Å²) in [5.41, 5.74) is 0.145. The van der Waals surface area contributed by atoms with Crippen LogP contribution in [0, 0.1) is 5.41 Å². The first kappa shape index (κ1) is 16.6. The van der Waals surface area contributed by atoms with E-state index in [-0.39, 0.29) is 5.91 Å². The number of amides is 1. The standard InChI is InChI=1S/C15H21NO3S/c1-14(2,3)12(17)16-10-8-6-7-9-11(10)20-15(4,5)13(18)19/h6-9H,1-5H3,(H,16,17)(H,18,19). The molecular weight excluding hydrogens is 274 g/mol. The molecule has 0 heterocycles.